The predicted octanol–water partition coefficient (Wildman–Crippen LogP) is 1.95. The summed E-state index contributed by atoms with van der Waals surface area (Å²) in [6, 6.07) is 6.06. The molecule has 0 atom stereocenters. The molecule has 1 aromatic carbocycles. The van der Waals surface area contributed by atoms with Gasteiger partial charge >= 0.3 is 0 Å². The molecule has 0 aromatic heterocycles. The van der Waals surface area contributed by atoms with Crippen LogP contribution in [0.2, 0.25) is 0 Å². The minimum Gasteiger partial charge on any atom is -0.490 e. The lowest BCUT2D eigenvalue weighted by atomic mass is 9.78. The third kappa shape index (κ3) is 3.70. The molecule has 2 fully saturated rings. The fourth-order valence-corrected chi connectivity index (χ4v) is 3.49. The van der Waals surface area contributed by atoms with Crippen molar-refractivity contribution in [2.24, 2.45) is 11.1 Å². The Labute approximate surface area is 141 Å². The lowest BCUT2D eigenvalue weighted by Crippen LogP contribution is -2.53. The number of benzene rings is 1. The molecule has 132 valence electrons. The van der Waals surface area contributed by atoms with E-state index < -0.39 is 5.41 Å². The number of hydrogen-bond acceptors (Lipinski definition) is 4. The summed E-state index contributed by atoms with van der Waals surface area (Å²) < 4.78 is 24.2. The number of likely N-dealkylation sites (tertiary alicyclic amines) is 1. The van der Waals surface area contributed by atoms with Crippen molar-refractivity contribution in [3.8, 4) is 5.75 Å². The van der Waals surface area contributed by atoms with Gasteiger partial charge in [-0.1, -0.05) is 0 Å². The maximum Gasteiger partial charge on any atom is 0.230 e. The van der Waals surface area contributed by atoms with Crippen molar-refractivity contribution < 1.29 is 18.7 Å². The molecule has 0 saturated carbocycles. The number of halogens is 1. The van der Waals surface area contributed by atoms with E-state index >= 15 is 0 Å². The summed E-state index contributed by atoms with van der Waals surface area (Å²) in [6.45, 7) is 2.93. The van der Waals surface area contributed by atoms with Crippen molar-refractivity contribution in [1.29, 1.82) is 0 Å². The quantitative estimate of drug-likeness (QED) is 0.913. The van der Waals surface area contributed by atoms with E-state index in [0.29, 0.717) is 51.4 Å². The molecule has 0 spiro atoms. The van der Waals surface area contributed by atoms with Gasteiger partial charge < -0.3 is 20.1 Å². The predicted molar refractivity (Wildman–Crippen MR) is 88.2 cm³/mol. The Morgan fingerprint density at radius 3 is 2.46 bits per heavy atom. The van der Waals surface area contributed by atoms with Crippen LogP contribution in [-0.4, -0.2) is 49.8 Å². The molecule has 5 nitrogen and oxygen atoms in total. The SMILES string of the molecule is NCC1(C(=O)N2CCC(Oc3ccc(F)cc3)CC2)CCOCC1. The highest BCUT2D eigenvalue weighted by molar-refractivity contribution is 5.83. The number of piperidine rings is 1. The molecular formula is C18H25FN2O3. The molecule has 0 unspecified atom stereocenters. The van der Waals surface area contributed by atoms with Gasteiger partial charge in [-0.05, 0) is 37.1 Å². The number of hydrogen-bond donors (Lipinski definition) is 1. The average Bonchev–Trinajstić information content (AvgIpc) is 2.64. The van der Waals surface area contributed by atoms with E-state index in [9.17, 15) is 9.18 Å². The fraction of sp³-hybridized carbons (Fsp3) is 0.611. The van der Waals surface area contributed by atoms with Gasteiger partial charge in [0.05, 0.1) is 5.41 Å². The van der Waals surface area contributed by atoms with Crippen molar-refractivity contribution in [2.45, 2.75) is 31.8 Å². The highest BCUT2D eigenvalue weighted by Gasteiger charge is 2.42. The number of nitrogens with zero attached hydrogens (tertiary/aromatic N) is 1. The summed E-state index contributed by atoms with van der Waals surface area (Å²) in [7, 11) is 0. The molecule has 0 radical (unpaired) electrons. The monoisotopic (exact) mass is 336 g/mol. The molecule has 3 rings (SSSR count). The van der Waals surface area contributed by atoms with Crippen LogP contribution in [0.15, 0.2) is 24.3 Å². The summed E-state index contributed by atoms with van der Waals surface area (Å²) in [5.74, 6) is 0.559. The summed E-state index contributed by atoms with van der Waals surface area (Å²) >= 11 is 0. The Hall–Kier alpha value is -1.66. The van der Waals surface area contributed by atoms with Gasteiger partial charge in [0, 0.05) is 45.7 Å². The smallest absolute Gasteiger partial charge is 0.230 e. The molecule has 2 heterocycles. The Balaban J connectivity index is 1.54. The first kappa shape index (κ1) is 17.2. The molecule has 1 aromatic rings. The van der Waals surface area contributed by atoms with Crippen LogP contribution >= 0.6 is 0 Å². The molecule has 0 aliphatic carbocycles. The zero-order valence-electron chi connectivity index (χ0n) is 13.9. The van der Waals surface area contributed by atoms with Crippen molar-refractivity contribution in [3.05, 3.63) is 30.1 Å². The molecule has 6 heteroatoms. The normalized spacial score (nSPS) is 21.5. The standard InChI is InChI=1S/C18H25FN2O3/c19-14-1-3-15(4-2-14)24-16-5-9-21(10-6-16)17(22)18(13-20)7-11-23-12-8-18/h1-4,16H,5-13,20H2. The third-order valence-corrected chi connectivity index (χ3v) is 5.14. The zero-order chi connectivity index (χ0) is 17.0. The van der Waals surface area contributed by atoms with Crippen molar-refractivity contribution >= 4 is 5.91 Å². The minimum atomic E-state index is -0.455. The van der Waals surface area contributed by atoms with Crippen LogP contribution in [0.25, 0.3) is 0 Å². The van der Waals surface area contributed by atoms with E-state index in [0.717, 1.165) is 12.8 Å². The van der Waals surface area contributed by atoms with E-state index in [1.807, 2.05) is 4.90 Å². The van der Waals surface area contributed by atoms with Crippen LogP contribution in [-0.2, 0) is 9.53 Å². The van der Waals surface area contributed by atoms with Gasteiger partial charge in [0.2, 0.25) is 5.91 Å². The molecular weight excluding hydrogens is 311 g/mol. The second-order valence-corrected chi connectivity index (χ2v) is 6.66. The Kier molecular flexibility index (Phi) is 5.36. The van der Waals surface area contributed by atoms with E-state index in [-0.39, 0.29) is 17.8 Å². The van der Waals surface area contributed by atoms with Crippen LogP contribution in [0, 0.1) is 11.2 Å². The Morgan fingerprint density at radius 2 is 1.88 bits per heavy atom. The molecule has 2 aliphatic heterocycles. The van der Waals surface area contributed by atoms with Crippen molar-refractivity contribution in [2.75, 3.05) is 32.8 Å². The van der Waals surface area contributed by atoms with Gasteiger partial charge in [-0.3, -0.25) is 4.79 Å². The van der Waals surface area contributed by atoms with Crippen LogP contribution in [0.3, 0.4) is 0 Å². The number of ether oxygens (including phenoxy) is 2. The van der Waals surface area contributed by atoms with Crippen molar-refractivity contribution in [3.63, 3.8) is 0 Å². The molecule has 2 saturated heterocycles. The first-order valence-electron chi connectivity index (χ1n) is 8.62. The zero-order valence-corrected chi connectivity index (χ0v) is 13.9. The van der Waals surface area contributed by atoms with E-state index in [2.05, 4.69) is 0 Å². The lowest BCUT2D eigenvalue weighted by Gasteiger charge is -2.41. The average molecular weight is 336 g/mol. The van der Waals surface area contributed by atoms with Crippen LogP contribution < -0.4 is 10.5 Å². The number of carbonyl (C=O) groups excluding carboxylic acids is 1. The summed E-state index contributed by atoms with van der Waals surface area (Å²) in [6.07, 6.45) is 3.02. The third-order valence-electron chi connectivity index (χ3n) is 5.14. The topological polar surface area (TPSA) is 64.8 Å². The maximum absolute atomic E-state index is 12.9. The maximum atomic E-state index is 12.9. The molecule has 1 amide bonds. The summed E-state index contributed by atoms with van der Waals surface area (Å²) in [5.41, 5.74) is 5.47. The minimum absolute atomic E-state index is 0.0584. The van der Waals surface area contributed by atoms with E-state index in [4.69, 9.17) is 15.2 Å². The molecule has 2 N–H and O–H groups in total. The van der Waals surface area contributed by atoms with Gasteiger partial charge in [-0.15, -0.1) is 0 Å². The Morgan fingerprint density at radius 1 is 1.25 bits per heavy atom. The number of rotatable bonds is 4. The van der Waals surface area contributed by atoms with Gasteiger partial charge in [0.1, 0.15) is 17.7 Å². The lowest BCUT2D eigenvalue weighted by molar-refractivity contribution is -0.149. The molecule has 2 aliphatic rings. The van der Waals surface area contributed by atoms with Crippen LogP contribution in [0.1, 0.15) is 25.7 Å². The van der Waals surface area contributed by atoms with Gasteiger partial charge in [-0.2, -0.15) is 0 Å². The summed E-state index contributed by atoms with van der Waals surface area (Å²) in [5, 5.41) is 0. The van der Waals surface area contributed by atoms with Gasteiger partial charge in [-0.25, -0.2) is 4.39 Å². The van der Waals surface area contributed by atoms with Crippen LogP contribution in [0.5, 0.6) is 5.75 Å². The molecule has 24 heavy (non-hydrogen) atoms. The summed E-state index contributed by atoms with van der Waals surface area (Å²) in [4.78, 5) is 14.8. The first-order chi connectivity index (χ1) is 11.6. The second kappa shape index (κ2) is 7.49. The van der Waals surface area contributed by atoms with Gasteiger partial charge in [0.15, 0.2) is 0 Å². The largest absolute Gasteiger partial charge is 0.490 e. The van der Waals surface area contributed by atoms with Gasteiger partial charge in [0.25, 0.3) is 0 Å². The van der Waals surface area contributed by atoms with Crippen LogP contribution in [0.4, 0.5) is 4.39 Å². The number of amides is 1. The number of nitrogens with two attached hydrogens (primary N) is 1. The van der Waals surface area contributed by atoms with E-state index in [1.165, 1.54) is 12.1 Å². The number of carbonyl (C=O) groups is 1. The van der Waals surface area contributed by atoms with E-state index in [1.54, 1.807) is 12.1 Å². The molecule has 0 bridgehead atoms. The first-order valence-corrected chi connectivity index (χ1v) is 8.62. The Bertz CT molecular complexity index is 550. The fourth-order valence-electron chi connectivity index (χ4n) is 3.49. The second-order valence-electron chi connectivity index (χ2n) is 6.66. The highest BCUT2D eigenvalue weighted by Crippen LogP contribution is 2.33. The van der Waals surface area contributed by atoms with Crippen molar-refractivity contribution in [1.82, 2.24) is 4.90 Å². The highest BCUT2D eigenvalue weighted by atomic mass is 19.1.